The Morgan fingerprint density at radius 2 is 1.94 bits per heavy atom. The van der Waals surface area contributed by atoms with Crippen LogP contribution in [0, 0.1) is 13.8 Å². The van der Waals surface area contributed by atoms with E-state index in [1.54, 1.807) is 47.9 Å². The van der Waals surface area contributed by atoms with Gasteiger partial charge in [0, 0.05) is 32.6 Å². The van der Waals surface area contributed by atoms with Crippen LogP contribution in [0.25, 0.3) is 22.3 Å². The molecule has 0 aliphatic carbocycles. The fourth-order valence-electron chi connectivity index (χ4n) is 3.56. The molecule has 0 saturated heterocycles. The van der Waals surface area contributed by atoms with E-state index in [2.05, 4.69) is 23.4 Å². The molecule has 7 nitrogen and oxygen atoms in total. The lowest BCUT2D eigenvalue weighted by Gasteiger charge is -2.11. The van der Waals surface area contributed by atoms with Gasteiger partial charge in [0.25, 0.3) is 5.91 Å². The Balaban J connectivity index is 1.84. The molecule has 8 heteroatoms. The van der Waals surface area contributed by atoms with Gasteiger partial charge >= 0.3 is 0 Å². The van der Waals surface area contributed by atoms with Crippen molar-refractivity contribution in [1.82, 2.24) is 14.8 Å². The summed E-state index contributed by atoms with van der Waals surface area (Å²) in [6.45, 7) is 8.15. The number of thiophene rings is 1. The fourth-order valence-corrected chi connectivity index (χ4v) is 4.49. The van der Waals surface area contributed by atoms with E-state index >= 15 is 0 Å². The predicted octanol–water partition coefficient (Wildman–Crippen LogP) is 4.71. The van der Waals surface area contributed by atoms with Gasteiger partial charge in [-0.25, -0.2) is 9.67 Å². The minimum Gasteiger partial charge on any atom is -0.366 e. The number of aryl methyl sites for hydroxylation is 2. The van der Waals surface area contributed by atoms with Gasteiger partial charge in [-0.1, -0.05) is 6.07 Å². The molecule has 0 spiro atoms. The smallest absolute Gasteiger partial charge is 0.256 e. The van der Waals surface area contributed by atoms with E-state index in [0.29, 0.717) is 27.8 Å². The Hall–Kier alpha value is -3.52. The number of hydrogen-bond donors (Lipinski definition) is 2. The molecule has 0 saturated carbocycles. The molecule has 0 fully saturated rings. The zero-order valence-corrected chi connectivity index (χ0v) is 18.6. The van der Waals surface area contributed by atoms with Gasteiger partial charge in [-0.2, -0.15) is 5.10 Å². The lowest BCUT2D eigenvalue weighted by atomic mass is 10.1. The molecular formula is C23H23N5O2S. The lowest BCUT2D eigenvalue weighted by molar-refractivity contribution is 0.0996. The number of hydrogen-bond acceptors (Lipinski definition) is 5. The monoisotopic (exact) mass is 433 g/mol. The van der Waals surface area contributed by atoms with Crippen LogP contribution in [0.5, 0.6) is 0 Å². The fraction of sp³-hybridized carbons (Fsp3) is 0.217. The quantitative estimate of drug-likeness (QED) is 0.476. The third-order valence-electron chi connectivity index (χ3n) is 5.02. The molecular weight excluding hydrogens is 410 g/mol. The van der Waals surface area contributed by atoms with E-state index in [-0.39, 0.29) is 11.9 Å². The van der Waals surface area contributed by atoms with Crippen molar-refractivity contribution in [3.8, 4) is 11.3 Å². The maximum absolute atomic E-state index is 13.3. The van der Waals surface area contributed by atoms with Gasteiger partial charge in [-0.3, -0.25) is 9.59 Å². The van der Waals surface area contributed by atoms with Gasteiger partial charge in [-0.15, -0.1) is 11.3 Å². The third-order valence-corrected chi connectivity index (χ3v) is 5.99. The van der Waals surface area contributed by atoms with Crippen LogP contribution in [0.2, 0.25) is 0 Å². The molecule has 3 aromatic heterocycles. The Morgan fingerprint density at radius 1 is 1.16 bits per heavy atom. The van der Waals surface area contributed by atoms with Crippen molar-refractivity contribution in [1.29, 1.82) is 0 Å². The van der Waals surface area contributed by atoms with Crippen LogP contribution in [0.1, 0.15) is 50.4 Å². The van der Waals surface area contributed by atoms with E-state index in [0.717, 1.165) is 16.1 Å². The van der Waals surface area contributed by atoms with E-state index in [4.69, 9.17) is 10.7 Å². The number of carbonyl (C=O) groups is 2. The van der Waals surface area contributed by atoms with Crippen LogP contribution < -0.4 is 11.1 Å². The van der Waals surface area contributed by atoms with Crippen molar-refractivity contribution in [3.05, 3.63) is 63.5 Å². The number of amides is 2. The minimum absolute atomic E-state index is 0.0914. The highest BCUT2D eigenvalue weighted by Gasteiger charge is 2.20. The number of primary amides is 1. The second-order valence-electron chi connectivity index (χ2n) is 7.70. The first-order valence-electron chi connectivity index (χ1n) is 9.91. The molecule has 0 bridgehead atoms. The van der Waals surface area contributed by atoms with Crippen molar-refractivity contribution in [2.24, 2.45) is 5.73 Å². The number of pyridine rings is 1. The summed E-state index contributed by atoms with van der Waals surface area (Å²) < 4.78 is 1.82. The van der Waals surface area contributed by atoms with Gasteiger partial charge in [-0.05, 0) is 58.0 Å². The van der Waals surface area contributed by atoms with Crippen LogP contribution in [0.3, 0.4) is 0 Å². The zero-order valence-electron chi connectivity index (χ0n) is 17.8. The number of nitrogens with two attached hydrogens (primary N) is 1. The number of nitrogens with one attached hydrogen (secondary N) is 1. The second-order valence-corrected chi connectivity index (χ2v) is 9.16. The summed E-state index contributed by atoms with van der Waals surface area (Å²) in [4.78, 5) is 31.9. The van der Waals surface area contributed by atoms with Crippen LogP contribution in [0.15, 0.2) is 42.6 Å². The standard InChI is InChI=1S/C23H23N5O2S/c1-12(2)28-22-19(11-25-28)18(10-20(27-22)17-8-13(3)31-14(17)4)23(30)26-16-7-5-6-15(9-16)21(24)29/h5-12H,1-4H3,(H2,24,29)(H,26,30). The van der Waals surface area contributed by atoms with E-state index in [1.165, 1.54) is 4.88 Å². The average molecular weight is 434 g/mol. The Kier molecular flexibility index (Phi) is 5.32. The molecule has 0 unspecified atom stereocenters. The van der Waals surface area contributed by atoms with Crippen LogP contribution in [-0.4, -0.2) is 26.6 Å². The predicted molar refractivity (Wildman–Crippen MR) is 124 cm³/mol. The maximum atomic E-state index is 13.3. The third kappa shape index (κ3) is 3.94. The van der Waals surface area contributed by atoms with Gasteiger partial charge in [0.1, 0.15) is 0 Å². The molecule has 2 amide bonds. The second kappa shape index (κ2) is 7.96. The average Bonchev–Trinajstić information content (AvgIpc) is 3.29. The molecule has 3 heterocycles. The van der Waals surface area contributed by atoms with Crippen molar-refractivity contribution >= 4 is 39.9 Å². The largest absolute Gasteiger partial charge is 0.366 e. The molecule has 0 aliphatic heterocycles. The SMILES string of the molecule is Cc1cc(-c2cc(C(=O)Nc3cccc(C(N)=O)c3)c3cnn(C(C)C)c3n2)c(C)s1. The normalized spacial score (nSPS) is 11.3. The van der Waals surface area contributed by atoms with Gasteiger partial charge in [0.05, 0.1) is 22.8 Å². The Bertz CT molecular complexity index is 1320. The molecule has 4 aromatic rings. The number of benzene rings is 1. The lowest BCUT2D eigenvalue weighted by Crippen LogP contribution is -2.15. The van der Waals surface area contributed by atoms with Crippen LogP contribution in [-0.2, 0) is 0 Å². The van der Waals surface area contributed by atoms with E-state index in [9.17, 15) is 9.59 Å². The van der Waals surface area contributed by atoms with Gasteiger partial charge in [0.2, 0.25) is 5.91 Å². The van der Waals surface area contributed by atoms with Crippen molar-refractivity contribution in [2.75, 3.05) is 5.32 Å². The molecule has 1 aromatic carbocycles. The maximum Gasteiger partial charge on any atom is 0.256 e. The highest BCUT2D eigenvalue weighted by Crippen LogP contribution is 2.32. The number of anilines is 1. The molecule has 4 rings (SSSR count). The highest BCUT2D eigenvalue weighted by molar-refractivity contribution is 7.12. The zero-order chi connectivity index (χ0) is 22.3. The first-order chi connectivity index (χ1) is 14.7. The summed E-state index contributed by atoms with van der Waals surface area (Å²) in [6.07, 6.45) is 1.67. The first-order valence-corrected chi connectivity index (χ1v) is 10.7. The van der Waals surface area contributed by atoms with E-state index < -0.39 is 5.91 Å². The summed E-state index contributed by atoms with van der Waals surface area (Å²) in [7, 11) is 0. The molecule has 3 N–H and O–H groups in total. The number of carbonyl (C=O) groups excluding carboxylic acids is 2. The van der Waals surface area contributed by atoms with Gasteiger partial charge in [0.15, 0.2) is 5.65 Å². The Morgan fingerprint density at radius 3 is 2.58 bits per heavy atom. The molecule has 31 heavy (non-hydrogen) atoms. The van der Waals surface area contributed by atoms with Crippen LogP contribution in [0.4, 0.5) is 5.69 Å². The summed E-state index contributed by atoms with van der Waals surface area (Å²) in [6, 6.07) is 10.5. The summed E-state index contributed by atoms with van der Waals surface area (Å²) in [5.41, 5.74) is 9.05. The van der Waals surface area contributed by atoms with Gasteiger partial charge < -0.3 is 11.1 Å². The highest BCUT2D eigenvalue weighted by atomic mass is 32.1. The van der Waals surface area contributed by atoms with Crippen molar-refractivity contribution in [2.45, 2.75) is 33.7 Å². The summed E-state index contributed by atoms with van der Waals surface area (Å²) in [5, 5.41) is 8.01. The summed E-state index contributed by atoms with van der Waals surface area (Å²) in [5.74, 6) is -0.852. The molecule has 158 valence electrons. The van der Waals surface area contributed by atoms with Crippen molar-refractivity contribution < 1.29 is 9.59 Å². The summed E-state index contributed by atoms with van der Waals surface area (Å²) >= 11 is 1.70. The van der Waals surface area contributed by atoms with E-state index in [1.807, 2.05) is 25.5 Å². The van der Waals surface area contributed by atoms with Crippen LogP contribution >= 0.6 is 11.3 Å². The number of rotatable bonds is 5. The minimum atomic E-state index is -0.550. The molecule has 0 radical (unpaired) electrons. The molecule has 0 atom stereocenters. The number of fused-ring (bicyclic) bond motifs is 1. The number of aromatic nitrogens is 3. The Labute approximate surface area is 183 Å². The number of nitrogens with zero attached hydrogens (tertiary/aromatic N) is 3. The first kappa shape index (κ1) is 20.7. The van der Waals surface area contributed by atoms with Crippen molar-refractivity contribution in [3.63, 3.8) is 0 Å². The topological polar surface area (TPSA) is 103 Å². The molecule has 0 aliphatic rings.